The van der Waals surface area contributed by atoms with Crippen molar-refractivity contribution < 1.29 is 8.42 Å². The van der Waals surface area contributed by atoms with E-state index < -0.39 is 10.0 Å². The number of aromatic nitrogens is 1. The monoisotopic (exact) mass is 269 g/mol. The van der Waals surface area contributed by atoms with Crippen molar-refractivity contribution in [3.63, 3.8) is 0 Å². The Balaban J connectivity index is 1.72. The van der Waals surface area contributed by atoms with E-state index >= 15 is 0 Å². The number of rotatable bonds is 6. The maximum Gasteiger partial charge on any atom is 0.215 e. The fraction of sp³-hybridized carbons (Fsp3) is 0.583. The average Bonchev–Trinajstić information content (AvgIpc) is 2.91. The third-order valence-electron chi connectivity index (χ3n) is 3.07. The number of pyridine rings is 1. The van der Waals surface area contributed by atoms with Gasteiger partial charge in [0.1, 0.15) is 0 Å². The predicted octanol–water partition coefficient (Wildman–Crippen LogP) is 0.597. The largest absolute Gasteiger partial charge is 0.312 e. The smallest absolute Gasteiger partial charge is 0.215 e. The molecule has 2 rings (SSSR count). The minimum Gasteiger partial charge on any atom is -0.312 e. The van der Waals surface area contributed by atoms with Gasteiger partial charge in [0.15, 0.2) is 0 Å². The first kappa shape index (κ1) is 13.5. The summed E-state index contributed by atoms with van der Waals surface area (Å²) in [7, 11) is -3.06. The zero-order valence-electron chi connectivity index (χ0n) is 10.4. The van der Waals surface area contributed by atoms with E-state index in [1.165, 1.54) is 0 Å². The third-order valence-corrected chi connectivity index (χ3v) is 4.95. The van der Waals surface area contributed by atoms with Crippen LogP contribution in [0, 0.1) is 0 Å². The van der Waals surface area contributed by atoms with Gasteiger partial charge < -0.3 is 5.32 Å². The molecule has 100 valence electrons. The Morgan fingerprint density at radius 1 is 1.22 bits per heavy atom. The molecule has 1 N–H and O–H groups in total. The van der Waals surface area contributed by atoms with Crippen molar-refractivity contribution >= 4 is 10.0 Å². The van der Waals surface area contributed by atoms with Crippen LogP contribution in [0.25, 0.3) is 0 Å². The zero-order valence-corrected chi connectivity index (χ0v) is 11.2. The van der Waals surface area contributed by atoms with Crippen LogP contribution in [0.5, 0.6) is 0 Å². The van der Waals surface area contributed by atoms with Crippen molar-refractivity contribution in [2.45, 2.75) is 19.4 Å². The molecule has 1 aliphatic heterocycles. The molecule has 0 aliphatic carbocycles. The molecule has 0 aromatic carbocycles. The molecule has 1 fully saturated rings. The van der Waals surface area contributed by atoms with E-state index in [1.807, 2.05) is 12.1 Å². The highest BCUT2D eigenvalue weighted by Gasteiger charge is 2.24. The predicted molar refractivity (Wildman–Crippen MR) is 70.5 cm³/mol. The van der Waals surface area contributed by atoms with Crippen molar-refractivity contribution in [3.05, 3.63) is 30.1 Å². The summed E-state index contributed by atoms with van der Waals surface area (Å²) in [6, 6.07) is 3.84. The Labute approximate surface area is 108 Å². The highest BCUT2D eigenvalue weighted by Crippen LogP contribution is 2.12. The quantitative estimate of drug-likeness (QED) is 0.768. The molecule has 1 aromatic heterocycles. The van der Waals surface area contributed by atoms with Gasteiger partial charge in [-0.25, -0.2) is 12.7 Å². The molecule has 1 aliphatic rings. The number of hydrogen-bond acceptors (Lipinski definition) is 4. The standard InChI is InChI=1S/C12H19N3O2S/c16-18(17,15-8-1-2-9-15)10-7-14-11-12-3-5-13-6-4-12/h3-6,14H,1-2,7-11H2. The van der Waals surface area contributed by atoms with E-state index in [1.54, 1.807) is 16.7 Å². The average molecular weight is 269 g/mol. The van der Waals surface area contributed by atoms with Gasteiger partial charge in [-0.2, -0.15) is 0 Å². The lowest BCUT2D eigenvalue weighted by molar-refractivity contribution is 0.475. The van der Waals surface area contributed by atoms with E-state index in [9.17, 15) is 8.42 Å². The number of hydrogen-bond donors (Lipinski definition) is 1. The van der Waals surface area contributed by atoms with Crippen LogP contribution in [0.4, 0.5) is 0 Å². The molecule has 1 saturated heterocycles. The van der Waals surface area contributed by atoms with Gasteiger partial charge in [-0.15, -0.1) is 0 Å². The lowest BCUT2D eigenvalue weighted by Gasteiger charge is -2.15. The second-order valence-corrected chi connectivity index (χ2v) is 6.54. The molecule has 0 radical (unpaired) electrons. The maximum absolute atomic E-state index is 11.9. The summed E-state index contributed by atoms with van der Waals surface area (Å²) >= 11 is 0. The second-order valence-electron chi connectivity index (χ2n) is 4.45. The molecule has 6 heteroatoms. The van der Waals surface area contributed by atoms with Crippen LogP contribution in [0.15, 0.2) is 24.5 Å². The fourth-order valence-electron chi connectivity index (χ4n) is 2.03. The number of nitrogens with zero attached hydrogens (tertiary/aromatic N) is 2. The highest BCUT2D eigenvalue weighted by molar-refractivity contribution is 7.89. The molecule has 0 saturated carbocycles. The molecule has 1 aromatic rings. The van der Waals surface area contributed by atoms with Gasteiger partial charge in [0, 0.05) is 38.6 Å². The van der Waals surface area contributed by atoms with Gasteiger partial charge in [-0.1, -0.05) is 0 Å². The molecular weight excluding hydrogens is 250 g/mol. The van der Waals surface area contributed by atoms with E-state index in [-0.39, 0.29) is 5.75 Å². The van der Waals surface area contributed by atoms with Gasteiger partial charge >= 0.3 is 0 Å². The van der Waals surface area contributed by atoms with Crippen molar-refractivity contribution in [1.29, 1.82) is 0 Å². The summed E-state index contributed by atoms with van der Waals surface area (Å²) < 4.78 is 25.4. The van der Waals surface area contributed by atoms with Crippen LogP contribution in [0.3, 0.4) is 0 Å². The van der Waals surface area contributed by atoms with Crippen LogP contribution >= 0.6 is 0 Å². The van der Waals surface area contributed by atoms with Crippen LogP contribution < -0.4 is 5.32 Å². The SMILES string of the molecule is O=S(=O)(CCNCc1ccncc1)N1CCCC1. The van der Waals surface area contributed by atoms with Gasteiger partial charge in [0.2, 0.25) is 10.0 Å². The van der Waals surface area contributed by atoms with Gasteiger partial charge in [0.25, 0.3) is 0 Å². The van der Waals surface area contributed by atoms with Gasteiger partial charge in [-0.3, -0.25) is 4.98 Å². The van der Waals surface area contributed by atoms with E-state index in [2.05, 4.69) is 10.3 Å². The first-order chi connectivity index (χ1) is 8.68. The van der Waals surface area contributed by atoms with Gasteiger partial charge in [0.05, 0.1) is 5.75 Å². The van der Waals surface area contributed by atoms with Crippen LogP contribution in [-0.2, 0) is 16.6 Å². The Bertz CT molecular complexity index is 455. The molecule has 18 heavy (non-hydrogen) atoms. The molecule has 0 spiro atoms. The molecule has 0 atom stereocenters. The van der Waals surface area contributed by atoms with Crippen LogP contribution in [0.1, 0.15) is 18.4 Å². The molecular formula is C12H19N3O2S. The Morgan fingerprint density at radius 2 is 1.89 bits per heavy atom. The molecule has 0 bridgehead atoms. The van der Waals surface area contributed by atoms with Crippen LogP contribution in [-0.4, -0.2) is 43.1 Å². The lowest BCUT2D eigenvalue weighted by Crippen LogP contribution is -2.34. The van der Waals surface area contributed by atoms with Crippen molar-refractivity contribution in [2.75, 3.05) is 25.4 Å². The summed E-state index contributed by atoms with van der Waals surface area (Å²) in [5.41, 5.74) is 1.11. The first-order valence-corrected chi connectivity index (χ1v) is 7.87. The summed E-state index contributed by atoms with van der Waals surface area (Å²) in [5.74, 6) is 0.179. The number of nitrogens with one attached hydrogen (secondary N) is 1. The molecule has 0 unspecified atom stereocenters. The van der Waals surface area contributed by atoms with Gasteiger partial charge in [-0.05, 0) is 30.5 Å². The van der Waals surface area contributed by atoms with E-state index in [0.29, 0.717) is 26.2 Å². The molecule has 5 nitrogen and oxygen atoms in total. The molecule has 2 heterocycles. The normalized spacial score (nSPS) is 17.1. The van der Waals surface area contributed by atoms with Crippen molar-refractivity contribution in [1.82, 2.24) is 14.6 Å². The third kappa shape index (κ3) is 3.76. The first-order valence-electron chi connectivity index (χ1n) is 6.26. The number of sulfonamides is 1. The maximum atomic E-state index is 11.9. The zero-order chi connectivity index (χ0) is 12.8. The van der Waals surface area contributed by atoms with E-state index in [0.717, 1.165) is 18.4 Å². The van der Waals surface area contributed by atoms with E-state index in [4.69, 9.17) is 0 Å². The minimum atomic E-state index is -3.06. The Kier molecular flexibility index (Phi) is 4.68. The Morgan fingerprint density at radius 3 is 2.56 bits per heavy atom. The summed E-state index contributed by atoms with van der Waals surface area (Å²) in [6.45, 7) is 2.54. The second kappa shape index (κ2) is 6.26. The molecule has 0 amide bonds. The fourth-order valence-corrected chi connectivity index (χ4v) is 3.50. The summed E-state index contributed by atoms with van der Waals surface area (Å²) in [5, 5.41) is 3.15. The lowest BCUT2D eigenvalue weighted by atomic mass is 10.3. The van der Waals surface area contributed by atoms with Crippen LogP contribution in [0.2, 0.25) is 0 Å². The summed E-state index contributed by atoms with van der Waals surface area (Å²) in [4.78, 5) is 3.93. The topological polar surface area (TPSA) is 62.3 Å². The highest BCUT2D eigenvalue weighted by atomic mass is 32.2. The van der Waals surface area contributed by atoms with Crippen molar-refractivity contribution in [2.24, 2.45) is 0 Å². The van der Waals surface area contributed by atoms with Crippen molar-refractivity contribution in [3.8, 4) is 0 Å². The minimum absolute atomic E-state index is 0.179. The Hall–Kier alpha value is -0.980. The summed E-state index contributed by atoms with van der Waals surface area (Å²) in [6.07, 6.45) is 5.45.